The maximum atomic E-state index is 13.2. The topological polar surface area (TPSA) is 64.1 Å². The number of aryl methyl sites for hydroxylation is 1. The van der Waals surface area contributed by atoms with E-state index in [0.29, 0.717) is 16.0 Å². The van der Waals surface area contributed by atoms with Crippen LogP contribution in [0.5, 0.6) is 5.88 Å². The summed E-state index contributed by atoms with van der Waals surface area (Å²) in [6, 6.07) is 5.48. The fraction of sp³-hybridized carbons (Fsp3) is 0.154. The van der Waals surface area contributed by atoms with Gasteiger partial charge < -0.3 is 4.74 Å². The quantitative estimate of drug-likeness (QED) is 0.933. The zero-order chi connectivity index (χ0) is 14.7. The maximum Gasteiger partial charge on any atom is 0.259 e. The van der Waals surface area contributed by atoms with Crippen LogP contribution in [0.4, 0.5) is 10.3 Å². The van der Waals surface area contributed by atoms with Crippen LogP contribution in [0.25, 0.3) is 0 Å². The fourth-order valence-corrected chi connectivity index (χ4v) is 1.97. The summed E-state index contributed by atoms with van der Waals surface area (Å²) < 4.78 is 18.7. The van der Waals surface area contributed by atoms with E-state index >= 15 is 0 Å². The van der Waals surface area contributed by atoms with E-state index in [1.807, 2.05) is 0 Å². The van der Waals surface area contributed by atoms with Crippen LogP contribution in [0.1, 0.15) is 16.1 Å². The number of aromatic nitrogens is 2. The summed E-state index contributed by atoms with van der Waals surface area (Å²) in [5, 5.41) is 2.50. The Morgan fingerprint density at radius 3 is 2.80 bits per heavy atom. The van der Waals surface area contributed by atoms with E-state index in [2.05, 4.69) is 31.2 Å². The standard InChI is InChI=1S/C13H11BrFN3O2/c1-7-5-11(20-2)17-13(16-7)18-12(19)9-6-8(15)3-4-10(9)14/h3-6H,1-2H3,(H,16,17,18,19). The number of rotatable bonds is 3. The first kappa shape index (κ1) is 14.4. The predicted molar refractivity (Wildman–Crippen MR) is 75.4 cm³/mol. The van der Waals surface area contributed by atoms with Crippen LogP contribution >= 0.6 is 15.9 Å². The van der Waals surface area contributed by atoms with E-state index in [-0.39, 0.29) is 11.5 Å². The highest BCUT2D eigenvalue weighted by Gasteiger charge is 2.13. The summed E-state index contributed by atoms with van der Waals surface area (Å²) in [6.07, 6.45) is 0. The SMILES string of the molecule is COc1cc(C)nc(NC(=O)c2cc(F)ccc2Br)n1. The Hall–Kier alpha value is -2.02. The monoisotopic (exact) mass is 339 g/mol. The van der Waals surface area contributed by atoms with Crippen molar-refractivity contribution in [2.24, 2.45) is 0 Å². The second-order valence-corrected chi connectivity index (χ2v) is 4.81. The molecule has 0 saturated carbocycles. The number of hydrogen-bond acceptors (Lipinski definition) is 4. The number of hydrogen-bond donors (Lipinski definition) is 1. The number of benzene rings is 1. The van der Waals surface area contributed by atoms with E-state index in [0.717, 1.165) is 6.07 Å². The molecule has 7 heteroatoms. The first-order valence-electron chi connectivity index (χ1n) is 5.65. The summed E-state index contributed by atoms with van der Waals surface area (Å²) in [5.74, 6) is -0.570. The van der Waals surface area contributed by atoms with Gasteiger partial charge in [0.25, 0.3) is 5.91 Å². The average molecular weight is 340 g/mol. The minimum absolute atomic E-state index is 0.100. The number of methoxy groups -OCH3 is 1. The number of nitrogens with one attached hydrogen (secondary N) is 1. The van der Waals surface area contributed by atoms with Crippen LogP contribution < -0.4 is 10.1 Å². The van der Waals surface area contributed by atoms with Gasteiger partial charge in [-0.2, -0.15) is 4.98 Å². The maximum absolute atomic E-state index is 13.2. The summed E-state index contributed by atoms with van der Waals surface area (Å²) in [4.78, 5) is 20.1. The lowest BCUT2D eigenvalue weighted by atomic mass is 10.2. The molecule has 0 fully saturated rings. The van der Waals surface area contributed by atoms with E-state index < -0.39 is 11.7 Å². The van der Waals surface area contributed by atoms with Crippen molar-refractivity contribution in [2.45, 2.75) is 6.92 Å². The van der Waals surface area contributed by atoms with Gasteiger partial charge in [0.2, 0.25) is 11.8 Å². The Morgan fingerprint density at radius 2 is 2.10 bits per heavy atom. The van der Waals surface area contributed by atoms with Crippen LogP contribution in [-0.2, 0) is 0 Å². The van der Waals surface area contributed by atoms with Crippen LogP contribution in [0, 0.1) is 12.7 Å². The molecule has 104 valence electrons. The second-order valence-electron chi connectivity index (χ2n) is 3.95. The minimum atomic E-state index is -0.510. The Morgan fingerprint density at radius 1 is 1.35 bits per heavy atom. The molecular formula is C13H11BrFN3O2. The molecule has 0 aliphatic rings. The third kappa shape index (κ3) is 3.30. The van der Waals surface area contributed by atoms with Crippen LogP contribution in [0.15, 0.2) is 28.7 Å². The van der Waals surface area contributed by atoms with Crippen LogP contribution in [0.3, 0.4) is 0 Å². The van der Waals surface area contributed by atoms with E-state index in [4.69, 9.17) is 4.74 Å². The molecule has 2 aromatic rings. The molecule has 20 heavy (non-hydrogen) atoms. The fourth-order valence-electron chi connectivity index (χ4n) is 1.54. The molecule has 0 saturated heterocycles. The van der Waals surface area contributed by atoms with Gasteiger partial charge in [-0.1, -0.05) is 0 Å². The van der Waals surface area contributed by atoms with Crippen molar-refractivity contribution in [1.82, 2.24) is 9.97 Å². The van der Waals surface area contributed by atoms with Gasteiger partial charge in [0.1, 0.15) is 5.82 Å². The molecule has 0 radical (unpaired) electrons. The van der Waals surface area contributed by atoms with Crippen molar-refractivity contribution in [3.63, 3.8) is 0 Å². The lowest BCUT2D eigenvalue weighted by Gasteiger charge is -2.07. The van der Waals surface area contributed by atoms with Crippen molar-refractivity contribution < 1.29 is 13.9 Å². The van der Waals surface area contributed by atoms with Gasteiger partial charge in [0.15, 0.2) is 0 Å². The highest BCUT2D eigenvalue weighted by atomic mass is 79.9. The number of carbonyl (C=O) groups is 1. The normalized spacial score (nSPS) is 10.2. The zero-order valence-corrected chi connectivity index (χ0v) is 12.4. The lowest BCUT2D eigenvalue weighted by Crippen LogP contribution is -2.15. The predicted octanol–water partition coefficient (Wildman–Crippen LogP) is 2.95. The van der Waals surface area contributed by atoms with Crippen molar-refractivity contribution in [1.29, 1.82) is 0 Å². The average Bonchev–Trinajstić information content (AvgIpc) is 2.40. The van der Waals surface area contributed by atoms with Gasteiger partial charge in [-0.05, 0) is 41.1 Å². The molecule has 5 nitrogen and oxygen atoms in total. The molecule has 1 heterocycles. The van der Waals surface area contributed by atoms with Gasteiger partial charge in [-0.3, -0.25) is 10.1 Å². The number of ether oxygens (including phenoxy) is 1. The Labute approximate surface area is 123 Å². The Kier molecular flexibility index (Phi) is 4.29. The third-order valence-electron chi connectivity index (χ3n) is 2.44. The molecule has 0 spiro atoms. The van der Waals surface area contributed by atoms with Crippen molar-refractivity contribution in [2.75, 3.05) is 12.4 Å². The van der Waals surface area contributed by atoms with Crippen molar-refractivity contribution >= 4 is 27.8 Å². The van der Waals surface area contributed by atoms with Crippen molar-refractivity contribution in [3.8, 4) is 5.88 Å². The van der Waals surface area contributed by atoms with Crippen LogP contribution in [0.2, 0.25) is 0 Å². The molecule has 0 bridgehead atoms. The Bertz CT molecular complexity index is 664. The highest BCUT2D eigenvalue weighted by molar-refractivity contribution is 9.10. The third-order valence-corrected chi connectivity index (χ3v) is 3.13. The molecular weight excluding hydrogens is 329 g/mol. The van der Waals surface area contributed by atoms with Gasteiger partial charge in [0.05, 0.1) is 12.7 Å². The van der Waals surface area contributed by atoms with Gasteiger partial charge in [-0.15, -0.1) is 0 Å². The molecule has 1 N–H and O–H groups in total. The summed E-state index contributed by atoms with van der Waals surface area (Å²) in [6.45, 7) is 1.75. The van der Waals surface area contributed by atoms with Gasteiger partial charge in [0, 0.05) is 16.2 Å². The molecule has 0 unspecified atom stereocenters. The molecule has 0 aliphatic heterocycles. The lowest BCUT2D eigenvalue weighted by molar-refractivity contribution is 0.102. The molecule has 0 aliphatic carbocycles. The minimum Gasteiger partial charge on any atom is -0.481 e. The van der Waals surface area contributed by atoms with E-state index in [1.54, 1.807) is 13.0 Å². The number of nitrogens with zero attached hydrogens (tertiary/aromatic N) is 2. The number of anilines is 1. The largest absolute Gasteiger partial charge is 0.481 e. The van der Waals surface area contributed by atoms with Crippen LogP contribution in [-0.4, -0.2) is 23.0 Å². The number of carbonyl (C=O) groups excluding carboxylic acids is 1. The summed E-state index contributed by atoms with van der Waals surface area (Å²) in [5.41, 5.74) is 0.805. The first-order valence-corrected chi connectivity index (χ1v) is 6.45. The molecule has 1 amide bonds. The molecule has 1 aromatic carbocycles. The second kappa shape index (κ2) is 5.96. The zero-order valence-electron chi connectivity index (χ0n) is 10.8. The highest BCUT2D eigenvalue weighted by Crippen LogP contribution is 2.19. The molecule has 2 rings (SSSR count). The summed E-state index contributed by atoms with van der Waals surface area (Å²) >= 11 is 3.19. The first-order chi connectivity index (χ1) is 9.49. The number of amides is 1. The smallest absolute Gasteiger partial charge is 0.259 e. The Balaban J connectivity index is 2.27. The van der Waals surface area contributed by atoms with E-state index in [9.17, 15) is 9.18 Å². The van der Waals surface area contributed by atoms with Gasteiger partial charge >= 0.3 is 0 Å². The molecule has 1 aromatic heterocycles. The van der Waals surface area contributed by atoms with Crippen molar-refractivity contribution in [3.05, 3.63) is 45.8 Å². The summed E-state index contributed by atoms with van der Waals surface area (Å²) in [7, 11) is 1.47. The van der Waals surface area contributed by atoms with E-state index in [1.165, 1.54) is 19.2 Å². The van der Waals surface area contributed by atoms with Gasteiger partial charge in [-0.25, -0.2) is 9.37 Å². The molecule has 0 atom stereocenters. The number of halogens is 2.